The standard InChI is InChI=1S/C13H12Cl2F2N2/c1-7-3-4-8(2)10(5-7)19-12(15)9(6-14)11(18-19)13(16)17/h3-5,13H,6H2,1-2H3. The van der Waals surface area contributed by atoms with E-state index in [4.69, 9.17) is 23.2 Å². The van der Waals surface area contributed by atoms with E-state index >= 15 is 0 Å². The molecule has 0 N–H and O–H groups in total. The molecule has 6 heteroatoms. The number of rotatable bonds is 3. The summed E-state index contributed by atoms with van der Waals surface area (Å²) in [7, 11) is 0. The van der Waals surface area contributed by atoms with Crippen molar-refractivity contribution in [3.63, 3.8) is 0 Å². The van der Waals surface area contributed by atoms with Gasteiger partial charge in [-0.2, -0.15) is 5.10 Å². The van der Waals surface area contributed by atoms with Crippen LogP contribution in [0.1, 0.15) is 28.8 Å². The molecule has 1 aromatic heterocycles. The van der Waals surface area contributed by atoms with E-state index in [-0.39, 0.29) is 22.3 Å². The summed E-state index contributed by atoms with van der Waals surface area (Å²) in [6.07, 6.45) is -2.70. The molecule has 0 amide bonds. The molecule has 2 aromatic rings. The molecule has 19 heavy (non-hydrogen) atoms. The monoisotopic (exact) mass is 304 g/mol. The van der Waals surface area contributed by atoms with Crippen molar-refractivity contribution in [2.75, 3.05) is 0 Å². The molecule has 0 aliphatic carbocycles. The molecule has 2 nitrogen and oxygen atoms in total. The van der Waals surface area contributed by atoms with Crippen LogP contribution < -0.4 is 0 Å². The molecule has 102 valence electrons. The summed E-state index contributed by atoms with van der Waals surface area (Å²) >= 11 is 11.8. The van der Waals surface area contributed by atoms with Gasteiger partial charge in [-0.25, -0.2) is 13.5 Å². The van der Waals surface area contributed by atoms with Crippen molar-refractivity contribution < 1.29 is 8.78 Å². The van der Waals surface area contributed by atoms with Crippen molar-refractivity contribution >= 4 is 23.2 Å². The van der Waals surface area contributed by atoms with Crippen LogP contribution in [0.4, 0.5) is 8.78 Å². The number of benzene rings is 1. The predicted octanol–water partition coefficient (Wildman–Crippen LogP) is 4.82. The van der Waals surface area contributed by atoms with Crippen LogP contribution in [0.15, 0.2) is 18.2 Å². The molecule has 0 aliphatic heterocycles. The van der Waals surface area contributed by atoms with E-state index in [2.05, 4.69) is 5.10 Å². The largest absolute Gasteiger partial charge is 0.282 e. The Morgan fingerprint density at radius 1 is 1.32 bits per heavy atom. The fourth-order valence-corrected chi connectivity index (χ4v) is 2.48. The average molecular weight is 305 g/mol. The maximum absolute atomic E-state index is 12.9. The number of nitrogens with zero attached hydrogens (tertiary/aromatic N) is 2. The summed E-state index contributed by atoms with van der Waals surface area (Å²) < 4.78 is 27.1. The van der Waals surface area contributed by atoms with E-state index in [1.807, 2.05) is 32.0 Å². The lowest BCUT2D eigenvalue weighted by Crippen LogP contribution is -2.00. The first kappa shape index (κ1) is 14.3. The fourth-order valence-electron chi connectivity index (χ4n) is 1.85. The van der Waals surface area contributed by atoms with E-state index in [1.54, 1.807) is 0 Å². The van der Waals surface area contributed by atoms with Gasteiger partial charge in [-0.15, -0.1) is 11.6 Å². The molecule has 1 aromatic carbocycles. The van der Waals surface area contributed by atoms with Gasteiger partial charge in [0.05, 0.1) is 11.6 Å². The molecule has 0 bridgehead atoms. The number of aryl methyl sites for hydroxylation is 2. The third-order valence-corrected chi connectivity index (χ3v) is 3.54. The lowest BCUT2D eigenvalue weighted by molar-refractivity contribution is 0.144. The highest BCUT2D eigenvalue weighted by Gasteiger charge is 2.23. The van der Waals surface area contributed by atoms with Crippen molar-refractivity contribution in [3.05, 3.63) is 45.7 Å². The van der Waals surface area contributed by atoms with E-state index in [9.17, 15) is 8.78 Å². The molecular formula is C13H12Cl2F2N2. The Morgan fingerprint density at radius 2 is 2.00 bits per heavy atom. The number of hydrogen-bond donors (Lipinski definition) is 0. The van der Waals surface area contributed by atoms with Crippen molar-refractivity contribution in [2.24, 2.45) is 0 Å². The molecule has 0 spiro atoms. The van der Waals surface area contributed by atoms with Crippen LogP contribution >= 0.6 is 23.2 Å². The van der Waals surface area contributed by atoms with Gasteiger partial charge in [-0.3, -0.25) is 0 Å². The van der Waals surface area contributed by atoms with Gasteiger partial charge >= 0.3 is 0 Å². The Hall–Kier alpha value is -1.13. The zero-order valence-corrected chi connectivity index (χ0v) is 11.9. The highest BCUT2D eigenvalue weighted by molar-refractivity contribution is 6.31. The summed E-state index contributed by atoms with van der Waals surface area (Å²) in [4.78, 5) is 0. The Bertz CT molecular complexity index is 609. The van der Waals surface area contributed by atoms with Crippen LogP contribution in [0, 0.1) is 13.8 Å². The normalized spacial score (nSPS) is 11.3. The molecule has 0 aliphatic rings. The minimum atomic E-state index is -2.70. The topological polar surface area (TPSA) is 17.8 Å². The number of hydrogen-bond acceptors (Lipinski definition) is 1. The minimum absolute atomic E-state index is 0.0939. The van der Waals surface area contributed by atoms with Gasteiger partial charge < -0.3 is 0 Å². The number of halogens is 4. The SMILES string of the molecule is Cc1ccc(C)c(-n2nc(C(F)F)c(CCl)c2Cl)c1. The molecule has 0 atom stereocenters. The van der Waals surface area contributed by atoms with Gasteiger partial charge in [0.15, 0.2) is 0 Å². The highest BCUT2D eigenvalue weighted by atomic mass is 35.5. The average Bonchev–Trinajstić information content (AvgIpc) is 2.69. The van der Waals surface area contributed by atoms with Crippen molar-refractivity contribution in [3.8, 4) is 5.69 Å². The first-order valence-corrected chi connectivity index (χ1v) is 6.56. The zero-order valence-electron chi connectivity index (χ0n) is 10.4. The second kappa shape index (κ2) is 5.47. The Kier molecular flexibility index (Phi) is 4.11. The maximum Gasteiger partial charge on any atom is 0.282 e. The third kappa shape index (κ3) is 2.60. The minimum Gasteiger partial charge on any atom is -0.221 e. The maximum atomic E-state index is 12.9. The smallest absolute Gasteiger partial charge is 0.221 e. The third-order valence-electron chi connectivity index (χ3n) is 2.89. The van der Waals surface area contributed by atoms with Crippen LogP contribution in [-0.2, 0) is 5.88 Å². The molecule has 0 fully saturated rings. The van der Waals surface area contributed by atoms with E-state index in [0.717, 1.165) is 11.1 Å². The molecular weight excluding hydrogens is 293 g/mol. The highest BCUT2D eigenvalue weighted by Crippen LogP contribution is 2.32. The molecule has 0 unspecified atom stereocenters. The van der Waals surface area contributed by atoms with Gasteiger partial charge in [0, 0.05) is 5.56 Å². The first-order chi connectivity index (χ1) is 8.95. The quantitative estimate of drug-likeness (QED) is 0.743. The van der Waals surface area contributed by atoms with Crippen molar-refractivity contribution in [2.45, 2.75) is 26.2 Å². The van der Waals surface area contributed by atoms with E-state index in [1.165, 1.54) is 4.68 Å². The van der Waals surface area contributed by atoms with Gasteiger partial charge in [0.1, 0.15) is 10.8 Å². The first-order valence-electron chi connectivity index (χ1n) is 5.64. The van der Waals surface area contributed by atoms with Gasteiger partial charge in [-0.05, 0) is 31.0 Å². The van der Waals surface area contributed by atoms with Crippen LogP contribution in [0.25, 0.3) is 5.69 Å². The van der Waals surface area contributed by atoms with Crippen LogP contribution in [0.3, 0.4) is 0 Å². The Balaban J connectivity index is 2.66. The molecule has 0 radical (unpaired) electrons. The van der Waals surface area contributed by atoms with E-state index in [0.29, 0.717) is 5.69 Å². The van der Waals surface area contributed by atoms with Crippen LogP contribution in [0.2, 0.25) is 5.15 Å². The van der Waals surface area contributed by atoms with Gasteiger partial charge in [-0.1, -0.05) is 23.7 Å². The fraction of sp³-hybridized carbons (Fsp3) is 0.308. The van der Waals surface area contributed by atoms with Crippen LogP contribution in [-0.4, -0.2) is 9.78 Å². The summed E-state index contributed by atoms with van der Waals surface area (Å²) in [5, 5.41) is 4.04. The lowest BCUT2D eigenvalue weighted by atomic mass is 10.1. The Labute approximate surface area is 119 Å². The predicted molar refractivity (Wildman–Crippen MR) is 72.6 cm³/mol. The molecule has 0 saturated carbocycles. The van der Waals surface area contributed by atoms with Gasteiger partial charge in [0.2, 0.25) is 0 Å². The Morgan fingerprint density at radius 3 is 2.53 bits per heavy atom. The molecule has 2 rings (SSSR count). The van der Waals surface area contributed by atoms with Crippen molar-refractivity contribution in [1.29, 1.82) is 0 Å². The molecule has 1 heterocycles. The lowest BCUT2D eigenvalue weighted by Gasteiger charge is -2.08. The zero-order chi connectivity index (χ0) is 14.2. The number of aromatic nitrogens is 2. The second-order valence-corrected chi connectivity index (χ2v) is 4.92. The summed E-state index contributed by atoms with van der Waals surface area (Å²) in [6.45, 7) is 3.78. The molecule has 0 saturated heterocycles. The second-order valence-electron chi connectivity index (χ2n) is 4.29. The summed E-state index contributed by atoms with van der Waals surface area (Å²) in [5.41, 5.74) is 2.40. The van der Waals surface area contributed by atoms with Crippen LogP contribution in [0.5, 0.6) is 0 Å². The van der Waals surface area contributed by atoms with E-state index < -0.39 is 6.43 Å². The summed E-state index contributed by atoms with van der Waals surface area (Å²) in [5.74, 6) is -0.0939. The van der Waals surface area contributed by atoms with Crippen molar-refractivity contribution in [1.82, 2.24) is 9.78 Å². The van der Waals surface area contributed by atoms with Gasteiger partial charge in [0.25, 0.3) is 6.43 Å². The number of alkyl halides is 3. The summed E-state index contributed by atoms with van der Waals surface area (Å²) in [6, 6.07) is 5.68.